The van der Waals surface area contributed by atoms with Gasteiger partial charge in [0.2, 0.25) is 0 Å². The summed E-state index contributed by atoms with van der Waals surface area (Å²) in [4.78, 5) is 27.0. The van der Waals surface area contributed by atoms with Crippen LogP contribution in [0.25, 0.3) is 10.6 Å². The van der Waals surface area contributed by atoms with Crippen LogP contribution in [0.15, 0.2) is 49.8 Å². The molecule has 0 saturated heterocycles. The maximum Gasteiger partial charge on any atom is 0.313 e. The molecule has 1 aromatic carbocycles. The summed E-state index contributed by atoms with van der Waals surface area (Å²) in [7, 11) is -7.74. The third-order valence-corrected chi connectivity index (χ3v) is 8.82. The number of aromatic nitrogens is 2. The molecule has 4 rings (SSSR count). The number of aryl methyl sites for hydroxylation is 1. The van der Waals surface area contributed by atoms with Gasteiger partial charge in [-0.25, -0.2) is 13.1 Å². The fraction of sp³-hybridized carbons (Fsp3) is 0.385. The van der Waals surface area contributed by atoms with E-state index in [1.54, 1.807) is 31.4 Å². The van der Waals surface area contributed by atoms with Crippen LogP contribution >= 0.6 is 11.3 Å². The number of fused-ring (bicyclic) bond motifs is 1. The first-order valence-corrected chi connectivity index (χ1v) is 17.1. The lowest BCUT2D eigenvalue weighted by Crippen LogP contribution is -2.35. The normalized spacial score (nSPS) is 14.4. The van der Waals surface area contributed by atoms with Crippen molar-refractivity contribution in [2.75, 3.05) is 22.8 Å². The molecule has 0 unspecified atom stereocenters. The molecular formula is C26H31N5O7S3. The van der Waals surface area contributed by atoms with Gasteiger partial charge in [-0.1, -0.05) is 33.8 Å². The zero-order valence-corrected chi connectivity index (χ0v) is 25.6. The standard InChI is InChI=1S/C26H31N5O7S3/c1-15(2)10-11-31-25(32)21(23(38-26(33)16(3)4)22(29-31)19-7-6-12-39-19)24-28-18-9-8-17(27-14-40(5,34)35)13-20(18)41(36,37)30-24/h6-9,12-13,15-16,27H,10-11,14H2,1-5H3,(H,28,30). The number of rotatable bonds is 10. The molecule has 3 aromatic rings. The first-order chi connectivity index (χ1) is 19.2. The van der Waals surface area contributed by atoms with E-state index in [1.807, 2.05) is 13.8 Å². The highest BCUT2D eigenvalue weighted by molar-refractivity contribution is 7.91. The van der Waals surface area contributed by atoms with Crippen molar-refractivity contribution in [2.45, 2.75) is 45.6 Å². The van der Waals surface area contributed by atoms with Crippen LogP contribution < -0.4 is 20.9 Å². The number of nitrogens with zero attached hydrogens (tertiary/aromatic N) is 3. The predicted octanol–water partition coefficient (Wildman–Crippen LogP) is 3.55. The van der Waals surface area contributed by atoms with Crippen LogP contribution in [0, 0.1) is 11.8 Å². The van der Waals surface area contributed by atoms with E-state index >= 15 is 0 Å². The zero-order chi connectivity index (χ0) is 30.1. The molecule has 12 nitrogen and oxygen atoms in total. The Morgan fingerprint density at radius 1 is 1.20 bits per heavy atom. The Bertz CT molecular complexity index is 1780. The number of esters is 1. The van der Waals surface area contributed by atoms with Gasteiger partial charge in [0.15, 0.2) is 21.4 Å². The van der Waals surface area contributed by atoms with Crippen molar-refractivity contribution in [2.24, 2.45) is 16.2 Å². The molecule has 0 atom stereocenters. The van der Waals surface area contributed by atoms with Gasteiger partial charge in [0.25, 0.3) is 15.6 Å². The summed E-state index contributed by atoms with van der Waals surface area (Å²) >= 11 is 1.32. The number of sulfonamides is 1. The van der Waals surface area contributed by atoms with Gasteiger partial charge < -0.3 is 15.4 Å². The molecule has 220 valence electrons. The summed E-state index contributed by atoms with van der Waals surface area (Å²) in [5, 5.41) is 11.9. The molecule has 2 N–H and O–H groups in total. The molecule has 1 aliphatic rings. The number of thiophene rings is 1. The molecule has 41 heavy (non-hydrogen) atoms. The quantitative estimate of drug-likeness (QED) is 0.320. The van der Waals surface area contributed by atoms with E-state index in [0.717, 1.165) is 6.26 Å². The fourth-order valence-corrected chi connectivity index (χ4v) is 6.06. The number of nitrogens with one attached hydrogen (secondary N) is 2. The third kappa shape index (κ3) is 7.02. The van der Waals surface area contributed by atoms with Gasteiger partial charge in [-0.05, 0) is 42.0 Å². The number of hydrogen-bond acceptors (Lipinski definition) is 11. The summed E-state index contributed by atoms with van der Waals surface area (Å²) in [6, 6.07) is 7.73. The number of sulfone groups is 1. The molecule has 0 radical (unpaired) electrons. The molecule has 2 aromatic heterocycles. The minimum absolute atomic E-state index is 0.114. The lowest BCUT2D eigenvalue weighted by atomic mass is 10.1. The number of anilines is 2. The minimum Gasteiger partial charge on any atom is -0.423 e. The van der Waals surface area contributed by atoms with E-state index in [2.05, 4.69) is 20.1 Å². The fourth-order valence-electron chi connectivity index (χ4n) is 3.78. The van der Waals surface area contributed by atoms with Crippen molar-refractivity contribution in [1.82, 2.24) is 9.78 Å². The second-order valence-corrected chi connectivity index (χ2v) is 15.0. The Morgan fingerprint density at radius 3 is 2.54 bits per heavy atom. The molecule has 0 spiro atoms. The minimum atomic E-state index is -4.37. The number of ether oxygens (including phenoxy) is 1. The second-order valence-electron chi connectivity index (χ2n) is 10.3. The van der Waals surface area contributed by atoms with Crippen molar-refractivity contribution in [3.05, 3.63) is 51.6 Å². The number of hydrogen-bond donors (Lipinski definition) is 2. The summed E-state index contributed by atoms with van der Waals surface area (Å²) in [5.74, 6) is -1.83. The van der Waals surface area contributed by atoms with E-state index in [9.17, 15) is 26.4 Å². The number of carbonyl (C=O) groups is 1. The number of benzene rings is 1. The van der Waals surface area contributed by atoms with Crippen LogP contribution in [-0.2, 0) is 31.2 Å². The maximum absolute atomic E-state index is 13.9. The van der Waals surface area contributed by atoms with Crippen LogP contribution in [0.1, 0.15) is 39.7 Å². The van der Waals surface area contributed by atoms with Gasteiger partial charge in [-0.15, -0.1) is 15.7 Å². The average molecular weight is 622 g/mol. The summed E-state index contributed by atoms with van der Waals surface area (Å²) in [5.41, 5.74) is -0.336. The van der Waals surface area contributed by atoms with Gasteiger partial charge >= 0.3 is 5.97 Å². The van der Waals surface area contributed by atoms with E-state index in [-0.39, 0.29) is 51.6 Å². The highest BCUT2D eigenvalue weighted by atomic mass is 32.2. The smallest absolute Gasteiger partial charge is 0.313 e. The summed E-state index contributed by atoms with van der Waals surface area (Å²) in [6.07, 6.45) is 1.66. The Labute approximate surface area is 242 Å². The molecule has 0 amide bonds. The second kappa shape index (κ2) is 11.7. The third-order valence-electron chi connectivity index (χ3n) is 5.96. The Hall–Kier alpha value is -3.56. The lowest BCUT2D eigenvalue weighted by molar-refractivity contribution is -0.137. The topological polar surface area (TPSA) is 166 Å². The maximum atomic E-state index is 13.9. The number of carbonyl (C=O) groups excluding carboxylic acids is 1. The molecule has 0 fully saturated rings. The van der Waals surface area contributed by atoms with E-state index in [0.29, 0.717) is 11.3 Å². The molecule has 0 bridgehead atoms. The van der Waals surface area contributed by atoms with E-state index < -0.39 is 43.2 Å². The Kier molecular flexibility index (Phi) is 8.70. The molecule has 0 aliphatic carbocycles. The Morgan fingerprint density at radius 2 is 1.93 bits per heavy atom. The van der Waals surface area contributed by atoms with Crippen LogP contribution in [0.4, 0.5) is 11.4 Å². The van der Waals surface area contributed by atoms with Crippen molar-refractivity contribution < 1.29 is 26.4 Å². The summed E-state index contributed by atoms with van der Waals surface area (Å²) < 4.78 is 60.7. The monoisotopic (exact) mass is 621 g/mol. The van der Waals surface area contributed by atoms with Crippen LogP contribution in [0.3, 0.4) is 0 Å². The molecule has 3 heterocycles. The van der Waals surface area contributed by atoms with Crippen molar-refractivity contribution in [1.29, 1.82) is 0 Å². The van der Waals surface area contributed by atoms with Crippen LogP contribution in [0.5, 0.6) is 5.75 Å². The highest BCUT2D eigenvalue weighted by Gasteiger charge is 2.33. The molecular weight excluding hydrogens is 591 g/mol. The predicted molar refractivity (Wildman–Crippen MR) is 159 cm³/mol. The van der Waals surface area contributed by atoms with Gasteiger partial charge in [-0.2, -0.15) is 13.5 Å². The van der Waals surface area contributed by atoms with Gasteiger partial charge in [0, 0.05) is 18.5 Å². The van der Waals surface area contributed by atoms with Crippen molar-refractivity contribution in [3.8, 4) is 16.3 Å². The molecule has 15 heteroatoms. The lowest BCUT2D eigenvalue weighted by Gasteiger charge is -2.22. The van der Waals surface area contributed by atoms with Gasteiger partial charge in [0.05, 0.1) is 16.5 Å². The zero-order valence-electron chi connectivity index (χ0n) is 23.2. The van der Waals surface area contributed by atoms with Crippen molar-refractivity contribution in [3.63, 3.8) is 0 Å². The van der Waals surface area contributed by atoms with Crippen molar-refractivity contribution >= 4 is 54.4 Å². The van der Waals surface area contributed by atoms with Gasteiger partial charge in [-0.3, -0.25) is 9.59 Å². The number of amidine groups is 1. The van der Waals surface area contributed by atoms with E-state index in [4.69, 9.17) is 4.74 Å². The first kappa shape index (κ1) is 30.4. The summed E-state index contributed by atoms with van der Waals surface area (Å²) in [6.45, 7) is 7.51. The van der Waals surface area contributed by atoms with Gasteiger partial charge in [0.1, 0.15) is 22.0 Å². The van der Waals surface area contributed by atoms with Crippen LogP contribution in [0.2, 0.25) is 0 Å². The molecule has 0 saturated carbocycles. The molecule has 1 aliphatic heterocycles. The SMILES string of the molecule is CC(C)CCn1nc(-c2cccs2)c(OC(=O)C(C)C)c(C2=NS(=O)(=O)c3cc(NCS(C)(=O)=O)ccc3N2)c1=O. The van der Waals surface area contributed by atoms with Crippen LogP contribution in [-0.4, -0.2) is 50.6 Å². The highest BCUT2D eigenvalue weighted by Crippen LogP contribution is 2.36. The Balaban J connectivity index is 1.92. The average Bonchev–Trinajstić information content (AvgIpc) is 3.41. The van der Waals surface area contributed by atoms with E-state index in [1.165, 1.54) is 34.2 Å². The first-order valence-electron chi connectivity index (χ1n) is 12.7. The largest absolute Gasteiger partial charge is 0.423 e.